The summed E-state index contributed by atoms with van der Waals surface area (Å²) in [7, 11) is 0. The molecule has 0 aliphatic rings. The predicted molar refractivity (Wildman–Crippen MR) is 80.6 cm³/mol. The van der Waals surface area contributed by atoms with Crippen molar-refractivity contribution < 1.29 is 14.7 Å². The number of halogens is 1. The molecule has 1 heterocycles. The Labute approximate surface area is 127 Å². The number of benzene rings is 1. The first-order valence-corrected chi connectivity index (χ1v) is 6.85. The maximum atomic E-state index is 12.4. The van der Waals surface area contributed by atoms with Gasteiger partial charge in [-0.15, -0.1) is 0 Å². The van der Waals surface area contributed by atoms with Gasteiger partial charge in [0.2, 0.25) is 0 Å². The Kier molecular flexibility index (Phi) is 4.43. The van der Waals surface area contributed by atoms with Crippen molar-refractivity contribution in [2.45, 2.75) is 19.9 Å². The van der Waals surface area contributed by atoms with E-state index >= 15 is 0 Å². The second-order valence-corrected chi connectivity index (χ2v) is 5.39. The Bertz CT molecular complexity index is 700. The normalized spacial score (nSPS) is 10.9. The number of carboxylic acids is 1. The van der Waals surface area contributed by atoms with Crippen LogP contribution in [0.25, 0.3) is 10.9 Å². The Morgan fingerprint density at radius 2 is 1.95 bits per heavy atom. The van der Waals surface area contributed by atoms with Crippen molar-refractivity contribution in [1.29, 1.82) is 0 Å². The van der Waals surface area contributed by atoms with E-state index in [1.54, 1.807) is 38.1 Å². The maximum absolute atomic E-state index is 12.4. The molecule has 2 rings (SSSR count). The van der Waals surface area contributed by atoms with Crippen LogP contribution in [0, 0.1) is 0 Å². The Hall–Kier alpha value is -2.14. The summed E-state index contributed by atoms with van der Waals surface area (Å²) in [6.45, 7) is 3.17. The molecular weight excluding hydrogens is 292 g/mol. The number of pyridine rings is 1. The summed E-state index contributed by atoms with van der Waals surface area (Å²) in [6.07, 6.45) is 0. The molecule has 6 heteroatoms. The van der Waals surface area contributed by atoms with E-state index in [-0.39, 0.29) is 18.3 Å². The Balaban J connectivity index is 2.39. The summed E-state index contributed by atoms with van der Waals surface area (Å²) >= 11 is 5.92. The molecule has 0 saturated carbocycles. The van der Waals surface area contributed by atoms with Gasteiger partial charge in [-0.3, -0.25) is 9.59 Å². The Morgan fingerprint density at radius 3 is 2.57 bits per heavy atom. The second-order valence-electron chi connectivity index (χ2n) is 4.95. The molecule has 5 nitrogen and oxygen atoms in total. The van der Waals surface area contributed by atoms with Gasteiger partial charge in [-0.25, -0.2) is 4.98 Å². The fourth-order valence-electron chi connectivity index (χ4n) is 1.99. The average Bonchev–Trinajstić information content (AvgIpc) is 2.42. The summed E-state index contributed by atoms with van der Waals surface area (Å²) < 4.78 is 0. The number of hydrogen-bond acceptors (Lipinski definition) is 3. The minimum atomic E-state index is -1.05. The standard InChI is InChI=1S/C15H15ClN2O3/c1-9(2)18(8-14(19)20)15(21)12-6-4-10-3-5-11(16)7-13(10)17-12/h3-7,9H,8H2,1-2H3,(H,19,20). The molecule has 0 atom stereocenters. The molecule has 0 aliphatic carbocycles. The van der Waals surface area contributed by atoms with Crippen LogP contribution >= 0.6 is 11.6 Å². The van der Waals surface area contributed by atoms with Gasteiger partial charge in [-0.2, -0.15) is 0 Å². The number of fused-ring (bicyclic) bond motifs is 1. The topological polar surface area (TPSA) is 70.5 Å². The number of aromatic nitrogens is 1. The molecular formula is C15H15ClN2O3. The van der Waals surface area contributed by atoms with Crippen LogP contribution in [-0.2, 0) is 4.79 Å². The predicted octanol–water partition coefficient (Wildman–Crippen LogP) is 2.82. The van der Waals surface area contributed by atoms with Gasteiger partial charge in [0.05, 0.1) is 5.52 Å². The van der Waals surface area contributed by atoms with E-state index in [0.29, 0.717) is 10.5 Å². The Morgan fingerprint density at radius 1 is 1.29 bits per heavy atom. The lowest BCUT2D eigenvalue weighted by Crippen LogP contribution is -2.41. The molecule has 1 aromatic carbocycles. The van der Waals surface area contributed by atoms with Crippen molar-refractivity contribution in [2.24, 2.45) is 0 Å². The van der Waals surface area contributed by atoms with Crippen LogP contribution in [0.1, 0.15) is 24.3 Å². The van der Waals surface area contributed by atoms with Gasteiger partial charge in [-0.05, 0) is 32.0 Å². The van der Waals surface area contributed by atoms with Crippen LogP contribution in [0.15, 0.2) is 30.3 Å². The molecule has 1 aromatic heterocycles. The van der Waals surface area contributed by atoms with E-state index in [9.17, 15) is 9.59 Å². The third kappa shape index (κ3) is 3.49. The quantitative estimate of drug-likeness (QED) is 0.943. The van der Waals surface area contributed by atoms with Crippen molar-refractivity contribution in [2.75, 3.05) is 6.54 Å². The number of nitrogens with zero attached hydrogens (tertiary/aromatic N) is 2. The molecule has 0 radical (unpaired) electrons. The molecule has 1 N–H and O–H groups in total. The van der Waals surface area contributed by atoms with Gasteiger partial charge in [0.25, 0.3) is 5.91 Å². The van der Waals surface area contributed by atoms with E-state index in [0.717, 1.165) is 5.39 Å². The van der Waals surface area contributed by atoms with E-state index in [2.05, 4.69) is 4.98 Å². The van der Waals surface area contributed by atoms with Gasteiger partial charge in [-0.1, -0.05) is 23.7 Å². The first-order valence-electron chi connectivity index (χ1n) is 6.47. The zero-order valence-corrected chi connectivity index (χ0v) is 12.5. The molecule has 1 amide bonds. The van der Waals surface area contributed by atoms with Gasteiger partial charge in [0.1, 0.15) is 12.2 Å². The van der Waals surface area contributed by atoms with E-state index < -0.39 is 11.9 Å². The third-order valence-corrected chi connectivity index (χ3v) is 3.30. The molecule has 0 fully saturated rings. The van der Waals surface area contributed by atoms with Crippen molar-refractivity contribution in [1.82, 2.24) is 9.88 Å². The van der Waals surface area contributed by atoms with Crippen LogP contribution in [0.4, 0.5) is 0 Å². The smallest absolute Gasteiger partial charge is 0.323 e. The van der Waals surface area contributed by atoms with E-state index in [1.165, 1.54) is 4.90 Å². The van der Waals surface area contributed by atoms with Crippen LogP contribution in [0.5, 0.6) is 0 Å². The number of carbonyl (C=O) groups is 2. The zero-order valence-electron chi connectivity index (χ0n) is 11.7. The first-order chi connectivity index (χ1) is 9.88. The number of rotatable bonds is 4. The van der Waals surface area contributed by atoms with Crippen LogP contribution in [0.3, 0.4) is 0 Å². The molecule has 0 spiro atoms. The van der Waals surface area contributed by atoms with Crippen LogP contribution in [-0.4, -0.2) is 39.5 Å². The van der Waals surface area contributed by atoms with E-state index in [1.807, 2.05) is 6.07 Å². The minimum Gasteiger partial charge on any atom is -0.480 e. The molecule has 0 unspecified atom stereocenters. The molecule has 0 saturated heterocycles. The number of hydrogen-bond donors (Lipinski definition) is 1. The van der Waals surface area contributed by atoms with Gasteiger partial charge in [0.15, 0.2) is 0 Å². The average molecular weight is 307 g/mol. The summed E-state index contributed by atoms with van der Waals surface area (Å²) in [5.74, 6) is -1.46. The highest BCUT2D eigenvalue weighted by Crippen LogP contribution is 2.19. The van der Waals surface area contributed by atoms with Gasteiger partial charge in [0, 0.05) is 16.5 Å². The number of aliphatic carboxylic acids is 1. The minimum absolute atomic E-state index is 0.208. The van der Waals surface area contributed by atoms with Crippen LogP contribution in [0.2, 0.25) is 5.02 Å². The number of carbonyl (C=O) groups excluding carboxylic acids is 1. The summed E-state index contributed by atoms with van der Waals surface area (Å²) in [6, 6.07) is 8.37. The fraction of sp³-hybridized carbons (Fsp3) is 0.267. The third-order valence-electron chi connectivity index (χ3n) is 3.06. The molecule has 0 bridgehead atoms. The number of carboxylic acid groups (broad SMARTS) is 1. The molecule has 0 aliphatic heterocycles. The fourth-order valence-corrected chi connectivity index (χ4v) is 2.16. The van der Waals surface area contributed by atoms with Gasteiger partial charge < -0.3 is 10.0 Å². The highest BCUT2D eigenvalue weighted by molar-refractivity contribution is 6.31. The van der Waals surface area contributed by atoms with Crippen LogP contribution < -0.4 is 0 Å². The molecule has 21 heavy (non-hydrogen) atoms. The SMILES string of the molecule is CC(C)N(CC(=O)O)C(=O)c1ccc2ccc(Cl)cc2n1. The lowest BCUT2D eigenvalue weighted by molar-refractivity contribution is -0.138. The van der Waals surface area contributed by atoms with E-state index in [4.69, 9.17) is 16.7 Å². The highest BCUT2D eigenvalue weighted by atomic mass is 35.5. The van der Waals surface area contributed by atoms with Crippen molar-refractivity contribution in [3.8, 4) is 0 Å². The largest absolute Gasteiger partial charge is 0.480 e. The summed E-state index contributed by atoms with van der Waals surface area (Å²) in [4.78, 5) is 28.8. The second kappa shape index (κ2) is 6.10. The first kappa shape index (κ1) is 15.3. The molecule has 110 valence electrons. The maximum Gasteiger partial charge on any atom is 0.323 e. The van der Waals surface area contributed by atoms with Crippen molar-refractivity contribution in [3.63, 3.8) is 0 Å². The number of amides is 1. The summed E-state index contributed by atoms with van der Waals surface area (Å²) in [5, 5.41) is 10.3. The lowest BCUT2D eigenvalue weighted by Gasteiger charge is -2.24. The van der Waals surface area contributed by atoms with Crippen molar-refractivity contribution in [3.05, 3.63) is 41.0 Å². The van der Waals surface area contributed by atoms with Gasteiger partial charge >= 0.3 is 5.97 Å². The lowest BCUT2D eigenvalue weighted by atomic mass is 10.2. The zero-order chi connectivity index (χ0) is 15.6. The monoisotopic (exact) mass is 306 g/mol. The molecule has 2 aromatic rings. The van der Waals surface area contributed by atoms with Crippen molar-refractivity contribution >= 4 is 34.4 Å². The highest BCUT2D eigenvalue weighted by Gasteiger charge is 2.22. The summed E-state index contributed by atoms with van der Waals surface area (Å²) in [5.41, 5.74) is 0.812.